The molecule has 0 radical (unpaired) electrons. The Bertz CT molecular complexity index is 698. The lowest BCUT2D eigenvalue weighted by Crippen LogP contribution is -2.53. The summed E-state index contributed by atoms with van der Waals surface area (Å²) < 4.78 is 19.4. The lowest BCUT2D eigenvalue weighted by atomic mass is 9.90. The van der Waals surface area contributed by atoms with E-state index in [1.165, 1.54) is 18.6 Å². The number of carbonyl (C=O) groups excluding carboxylic acids is 1. The standard InChI is InChI=1S/C20H27FN2O4/c1-11(18(27-2)15-8-7-13-10-16(13)22-15)19(24)23-17(20(25)26)9-12-5-3-4-6-14(12)21/h3-6,11,13,15-18,22H,7-10H2,1-2H3,(H,23,24)(H,25,26). The summed E-state index contributed by atoms with van der Waals surface area (Å²) in [5, 5.41) is 15.5. The number of nitrogens with one attached hydrogen (secondary N) is 2. The number of hydrogen-bond acceptors (Lipinski definition) is 4. The van der Waals surface area contributed by atoms with E-state index < -0.39 is 29.7 Å². The molecule has 1 aliphatic heterocycles. The molecule has 6 nitrogen and oxygen atoms in total. The molecule has 27 heavy (non-hydrogen) atoms. The fraction of sp³-hybridized carbons (Fsp3) is 0.600. The van der Waals surface area contributed by atoms with Gasteiger partial charge in [-0.2, -0.15) is 0 Å². The fourth-order valence-electron chi connectivity index (χ4n) is 4.03. The van der Waals surface area contributed by atoms with Crippen LogP contribution in [0.3, 0.4) is 0 Å². The lowest BCUT2D eigenvalue weighted by Gasteiger charge is -2.33. The molecule has 6 atom stereocenters. The van der Waals surface area contributed by atoms with E-state index in [0.717, 1.165) is 18.8 Å². The number of piperidine rings is 1. The van der Waals surface area contributed by atoms with Crippen LogP contribution in [-0.2, 0) is 20.7 Å². The van der Waals surface area contributed by atoms with Crippen LogP contribution >= 0.6 is 0 Å². The number of carboxylic acid groups (broad SMARTS) is 1. The van der Waals surface area contributed by atoms with E-state index >= 15 is 0 Å². The Morgan fingerprint density at radius 1 is 1.37 bits per heavy atom. The molecule has 1 saturated heterocycles. The number of ether oxygens (including phenoxy) is 1. The molecule has 0 aromatic heterocycles. The number of methoxy groups -OCH3 is 1. The predicted molar refractivity (Wildman–Crippen MR) is 97.7 cm³/mol. The third-order valence-electron chi connectivity index (χ3n) is 5.77. The van der Waals surface area contributed by atoms with Crippen LogP contribution in [0.1, 0.15) is 31.7 Å². The van der Waals surface area contributed by atoms with Crippen LogP contribution < -0.4 is 10.6 Å². The molecule has 1 heterocycles. The number of hydrogen-bond donors (Lipinski definition) is 3. The molecule has 2 aliphatic rings. The van der Waals surface area contributed by atoms with E-state index in [2.05, 4.69) is 10.6 Å². The topological polar surface area (TPSA) is 87.7 Å². The summed E-state index contributed by atoms with van der Waals surface area (Å²) >= 11 is 0. The van der Waals surface area contributed by atoms with Crippen molar-refractivity contribution < 1.29 is 23.8 Å². The van der Waals surface area contributed by atoms with E-state index in [0.29, 0.717) is 6.04 Å². The molecule has 3 rings (SSSR count). The molecular weight excluding hydrogens is 351 g/mol. The Hall–Kier alpha value is -1.99. The Balaban J connectivity index is 1.63. The van der Waals surface area contributed by atoms with Crippen molar-refractivity contribution in [1.82, 2.24) is 10.6 Å². The Morgan fingerprint density at radius 3 is 2.74 bits per heavy atom. The first-order valence-corrected chi connectivity index (χ1v) is 9.46. The van der Waals surface area contributed by atoms with Crippen LogP contribution in [-0.4, -0.2) is 48.3 Å². The zero-order valence-electron chi connectivity index (χ0n) is 15.7. The van der Waals surface area contributed by atoms with E-state index in [9.17, 15) is 19.1 Å². The summed E-state index contributed by atoms with van der Waals surface area (Å²) in [7, 11) is 1.57. The third-order valence-corrected chi connectivity index (χ3v) is 5.77. The van der Waals surface area contributed by atoms with Crippen LogP contribution in [0.4, 0.5) is 4.39 Å². The molecule has 1 aromatic carbocycles. The number of benzene rings is 1. The molecule has 0 spiro atoms. The highest BCUT2D eigenvalue weighted by Gasteiger charge is 2.45. The number of halogens is 1. The van der Waals surface area contributed by atoms with E-state index in [1.807, 2.05) is 0 Å². The molecule has 148 valence electrons. The third kappa shape index (κ3) is 4.65. The van der Waals surface area contributed by atoms with Crippen LogP contribution in [0, 0.1) is 17.7 Å². The van der Waals surface area contributed by atoms with Crippen LogP contribution in [0.5, 0.6) is 0 Å². The Labute approximate surface area is 158 Å². The fourth-order valence-corrected chi connectivity index (χ4v) is 4.03. The zero-order valence-corrected chi connectivity index (χ0v) is 15.7. The summed E-state index contributed by atoms with van der Waals surface area (Å²) in [6.07, 6.45) is 2.80. The summed E-state index contributed by atoms with van der Waals surface area (Å²) in [5.41, 5.74) is 0.259. The van der Waals surface area contributed by atoms with Crippen molar-refractivity contribution in [3.05, 3.63) is 35.6 Å². The number of carboxylic acids is 1. The first-order chi connectivity index (χ1) is 12.9. The average molecular weight is 378 g/mol. The maximum absolute atomic E-state index is 13.8. The second-order valence-electron chi connectivity index (χ2n) is 7.64. The van der Waals surface area contributed by atoms with Gasteiger partial charge in [0.2, 0.25) is 5.91 Å². The van der Waals surface area contributed by atoms with Gasteiger partial charge >= 0.3 is 5.97 Å². The minimum Gasteiger partial charge on any atom is -0.480 e. The summed E-state index contributed by atoms with van der Waals surface area (Å²) in [4.78, 5) is 24.3. The van der Waals surface area contributed by atoms with Gasteiger partial charge in [-0.1, -0.05) is 25.1 Å². The number of fused-ring (bicyclic) bond motifs is 1. The van der Waals surface area contributed by atoms with Crippen LogP contribution in [0.25, 0.3) is 0 Å². The van der Waals surface area contributed by atoms with Gasteiger partial charge in [0.15, 0.2) is 0 Å². The van der Waals surface area contributed by atoms with Crippen molar-refractivity contribution in [3.8, 4) is 0 Å². The summed E-state index contributed by atoms with van der Waals surface area (Å²) in [5.74, 6) is -1.84. The highest BCUT2D eigenvalue weighted by atomic mass is 19.1. The number of aliphatic carboxylic acids is 1. The largest absolute Gasteiger partial charge is 0.480 e. The van der Waals surface area contributed by atoms with Crippen molar-refractivity contribution in [2.45, 2.75) is 56.8 Å². The normalized spacial score (nSPS) is 27.1. The molecule has 1 aliphatic carbocycles. The molecule has 2 fully saturated rings. The maximum atomic E-state index is 13.8. The smallest absolute Gasteiger partial charge is 0.326 e. The van der Waals surface area contributed by atoms with Crippen molar-refractivity contribution in [1.29, 1.82) is 0 Å². The van der Waals surface area contributed by atoms with Gasteiger partial charge in [0.25, 0.3) is 0 Å². The van der Waals surface area contributed by atoms with Crippen LogP contribution in [0.15, 0.2) is 24.3 Å². The van der Waals surface area contributed by atoms with E-state index in [1.54, 1.807) is 26.2 Å². The summed E-state index contributed by atoms with van der Waals surface area (Å²) in [6, 6.07) is 5.39. The molecule has 1 saturated carbocycles. The van der Waals surface area contributed by atoms with Crippen molar-refractivity contribution in [2.24, 2.45) is 11.8 Å². The zero-order chi connectivity index (χ0) is 19.6. The van der Waals surface area contributed by atoms with Crippen molar-refractivity contribution in [3.63, 3.8) is 0 Å². The van der Waals surface area contributed by atoms with E-state index in [-0.39, 0.29) is 24.1 Å². The minimum atomic E-state index is -1.19. The molecule has 7 heteroatoms. The van der Waals surface area contributed by atoms with Crippen molar-refractivity contribution >= 4 is 11.9 Å². The van der Waals surface area contributed by atoms with Gasteiger partial charge in [0.05, 0.1) is 12.0 Å². The van der Waals surface area contributed by atoms with Gasteiger partial charge in [0, 0.05) is 25.6 Å². The molecule has 0 bridgehead atoms. The maximum Gasteiger partial charge on any atom is 0.326 e. The van der Waals surface area contributed by atoms with E-state index in [4.69, 9.17) is 4.74 Å². The molecule has 3 N–H and O–H groups in total. The molecule has 6 unspecified atom stereocenters. The molecular formula is C20H27FN2O4. The second-order valence-corrected chi connectivity index (χ2v) is 7.64. The van der Waals surface area contributed by atoms with Crippen molar-refractivity contribution in [2.75, 3.05) is 7.11 Å². The first kappa shape index (κ1) is 19.8. The highest BCUT2D eigenvalue weighted by Crippen LogP contribution is 2.40. The average Bonchev–Trinajstić information content (AvgIpc) is 3.42. The van der Waals surface area contributed by atoms with Gasteiger partial charge in [-0.3, -0.25) is 4.79 Å². The predicted octanol–water partition coefficient (Wildman–Crippen LogP) is 1.73. The minimum absolute atomic E-state index is 0.0781. The molecule has 1 aromatic rings. The first-order valence-electron chi connectivity index (χ1n) is 9.46. The van der Waals surface area contributed by atoms with Gasteiger partial charge < -0.3 is 20.5 Å². The number of rotatable bonds is 8. The van der Waals surface area contributed by atoms with Gasteiger partial charge in [-0.25, -0.2) is 9.18 Å². The quantitative estimate of drug-likeness (QED) is 0.641. The van der Waals surface area contributed by atoms with Gasteiger partial charge in [0.1, 0.15) is 11.9 Å². The summed E-state index contributed by atoms with van der Waals surface area (Å²) in [6.45, 7) is 1.74. The SMILES string of the molecule is COC(C1CCC2CC2N1)C(C)C(=O)NC(Cc1ccccc1F)C(=O)O. The van der Waals surface area contributed by atoms with Crippen LogP contribution in [0.2, 0.25) is 0 Å². The van der Waals surface area contributed by atoms with Gasteiger partial charge in [-0.05, 0) is 36.8 Å². The highest BCUT2D eigenvalue weighted by molar-refractivity contribution is 5.85. The molecule has 1 amide bonds. The number of carbonyl (C=O) groups is 2. The number of amides is 1. The Morgan fingerprint density at radius 2 is 2.11 bits per heavy atom. The Kier molecular flexibility index (Phi) is 6.11. The second kappa shape index (κ2) is 8.35. The monoisotopic (exact) mass is 378 g/mol. The van der Waals surface area contributed by atoms with Gasteiger partial charge in [-0.15, -0.1) is 0 Å². The lowest BCUT2D eigenvalue weighted by molar-refractivity contribution is -0.143.